The van der Waals surface area contributed by atoms with E-state index < -0.39 is 5.97 Å². The van der Waals surface area contributed by atoms with Crippen LogP contribution in [0.5, 0.6) is 5.75 Å². The van der Waals surface area contributed by atoms with Gasteiger partial charge in [-0.25, -0.2) is 0 Å². The summed E-state index contributed by atoms with van der Waals surface area (Å²) in [6.07, 6.45) is 1.61. The minimum Gasteiger partial charge on any atom is -0.505 e. The van der Waals surface area contributed by atoms with Crippen molar-refractivity contribution in [1.29, 1.82) is 0 Å². The zero-order chi connectivity index (χ0) is 13.9. The van der Waals surface area contributed by atoms with Gasteiger partial charge in [0.1, 0.15) is 10.0 Å². The molecule has 0 spiro atoms. The number of unbranched alkanes of at least 4 members (excludes halogenated alkanes) is 1. The van der Waals surface area contributed by atoms with E-state index in [-0.39, 0.29) is 32.3 Å². The number of carboxylic acid groups (broad SMARTS) is 1. The van der Waals surface area contributed by atoms with Gasteiger partial charge in [-0.2, -0.15) is 0 Å². The molecule has 0 radical (unpaired) electrons. The maximum absolute atomic E-state index is 10.4. The van der Waals surface area contributed by atoms with E-state index in [1.165, 1.54) is 0 Å². The molecule has 0 aliphatic heterocycles. The minimum atomic E-state index is -0.853. The predicted molar refractivity (Wildman–Crippen MR) is 73.3 cm³/mol. The van der Waals surface area contributed by atoms with Crippen LogP contribution in [0.3, 0.4) is 0 Å². The van der Waals surface area contributed by atoms with Gasteiger partial charge in [0.05, 0.1) is 10.0 Å². The van der Waals surface area contributed by atoms with Gasteiger partial charge in [0.15, 0.2) is 5.75 Å². The molecule has 0 saturated carbocycles. The first-order chi connectivity index (χ1) is 8.36. The molecule has 3 nitrogen and oxygen atoms in total. The van der Waals surface area contributed by atoms with Crippen molar-refractivity contribution < 1.29 is 15.0 Å². The van der Waals surface area contributed by atoms with E-state index >= 15 is 0 Å². The van der Waals surface area contributed by atoms with Crippen molar-refractivity contribution >= 4 is 52.4 Å². The molecule has 0 aliphatic carbocycles. The van der Waals surface area contributed by atoms with Gasteiger partial charge in [-0.1, -0.05) is 46.4 Å². The summed E-state index contributed by atoms with van der Waals surface area (Å²) in [5.41, 5.74) is 0.525. The van der Waals surface area contributed by atoms with Crippen LogP contribution in [-0.4, -0.2) is 16.2 Å². The molecule has 0 amide bonds. The van der Waals surface area contributed by atoms with Gasteiger partial charge in [-0.05, 0) is 24.8 Å². The van der Waals surface area contributed by atoms with Gasteiger partial charge in [-0.3, -0.25) is 4.79 Å². The molecule has 0 atom stereocenters. The van der Waals surface area contributed by atoms with Crippen molar-refractivity contribution in [1.82, 2.24) is 0 Å². The number of hydrogen-bond acceptors (Lipinski definition) is 2. The number of benzene rings is 1. The zero-order valence-electron chi connectivity index (χ0n) is 9.14. The molecule has 0 bridgehead atoms. The van der Waals surface area contributed by atoms with Crippen molar-refractivity contribution in [3.8, 4) is 5.75 Å². The van der Waals surface area contributed by atoms with Gasteiger partial charge in [0.2, 0.25) is 0 Å². The van der Waals surface area contributed by atoms with E-state index in [2.05, 4.69) is 0 Å². The van der Waals surface area contributed by atoms with Crippen molar-refractivity contribution in [3.63, 3.8) is 0 Å². The Morgan fingerprint density at radius 3 is 1.89 bits per heavy atom. The predicted octanol–water partition coefficient (Wildman–Crippen LogP) is 4.80. The van der Waals surface area contributed by atoms with Crippen LogP contribution in [0.2, 0.25) is 20.1 Å². The third kappa shape index (κ3) is 3.58. The van der Waals surface area contributed by atoms with Gasteiger partial charge >= 0.3 is 5.97 Å². The first-order valence-electron chi connectivity index (χ1n) is 5.11. The van der Waals surface area contributed by atoms with Gasteiger partial charge in [0, 0.05) is 6.42 Å². The number of carbonyl (C=O) groups is 1. The largest absolute Gasteiger partial charge is 0.505 e. The van der Waals surface area contributed by atoms with Crippen LogP contribution in [0.1, 0.15) is 24.8 Å². The van der Waals surface area contributed by atoms with Crippen LogP contribution >= 0.6 is 46.4 Å². The van der Waals surface area contributed by atoms with E-state index in [0.717, 1.165) is 0 Å². The van der Waals surface area contributed by atoms with Crippen LogP contribution in [0.4, 0.5) is 0 Å². The molecule has 7 heteroatoms. The highest BCUT2D eigenvalue weighted by atomic mass is 35.5. The second-order valence-electron chi connectivity index (χ2n) is 3.68. The molecular weight excluding hydrogens is 322 g/mol. The van der Waals surface area contributed by atoms with Crippen molar-refractivity contribution in [2.24, 2.45) is 0 Å². The lowest BCUT2D eigenvalue weighted by molar-refractivity contribution is -0.137. The van der Waals surface area contributed by atoms with Crippen LogP contribution < -0.4 is 0 Å². The summed E-state index contributed by atoms with van der Waals surface area (Å²) in [4.78, 5) is 10.4. The zero-order valence-corrected chi connectivity index (χ0v) is 12.2. The van der Waals surface area contributed by atoms with Gasteiger partial charge in [-0.15, -0.1) is 0 Å². The molecule has 100 valence electrons. The van der Waals surface area contributed by atoms with Gasteiger partial charge in [0.25, 0.3) is 0 Å². The van der Waals surface area contributed by atoms with Crippen LogP contribution in [0, 0.1) is 0 Å². The molecule has 0 saturated heterocycles. The average molecular weight is 332 g/mol. The number of aliphatic carboxylic acids is 1. The smallest absolute Gasteiger partial charge is 0.303 e. The van der Waals surface area contributed by atoms with E-state index in [1.54, 1.807) is 0 Å². The molecule has 1 aromatic carbocycles. The average Bonchev–Trinajstić information content (AvgIpc) is 2.32. The van der Waals surface area contributed by atoms with E-state index in [4.69, 9.17) is 51.5 Å². The lowest BCUT2D eigenvalue weighted by Crippen LogP contribution is -1.96. The lowest BCUT2D eigenvalue weighted by atomic mass is 10.1. The Kier molecular flexibility index (Phi) is 5.86. The fourth-order valence-corrected chi connectivity index (χ4v) is 2.53. The summed E-state index contributed by atoms with van der Waals surface area (Å²) < 4.78 is 0. The number of aromatic hydroxyl groups is 1. The number of hydrogen-bond donors (Lipinski definition) is 2. The third-order valence-corrected chi connectivity index (χ3v) is 4.16. The molecule has 0 fully saturated rings. The van der Waals surface area contributed by atoms with E-state index in [9.17, 15) is 9.90 Å². The summed E-state index contributed by atoms with van der Waals surface area (Å²) in [7, 11) is 0. The second kappa shape index (κ2) is 6.71. The standard InChI is InChI=1S/C11H10Cl4O3/c12-7-5(3-1-2-4-6(16)17)8(13)10(15)11(18)9(7)14/h18H,1-4H2,(H,16,17). The minimum absolute atomic E-state index is 0.0423. The summed E-state index contributed by atoms with van der Waals surface area (Å²) in [5.74, 6) is -1.20. The summed E-state index contributed by atoms with van der Waals surface area (Å²) >= 11 is 23.5. The fraction of sp³-hybridized carbons (Fsp3) is 0.364. The number of phenolic OH excluding ortho intramolecular Hbond substituents is 1. The van der Waals surface area contributed by atoms with Crippen molar-refractivity contribution in [3.05, 3.63) is 25.7 Å². The van der Waals surface area contributed by atoms with Crippen LogP contribution in [-0.2, 0) is 11.2 Å². The highest BCUT2D eigenvalue weighted by Crippen LogP contribution is 2.45. The maximum Gasteiger partial charge on any atom is 0.303 e. The molecule has 1 aromatic rings. The molecule has 0 heterocycles. The van der Waals surface area contributed by atoms with Gasteiger partial charge < -0.3 is 10.2 Å². The molecule has 18 heavy (non-hydrogen) atoms. The summed E-state index contributed by atoms with van der Waals surface area (Å²) in [6.45, 7) is 0. The Morgan fingerprint density at radius 2 is 1.44 bits per heavy atom. The monoisotopic (exact) mass is 330 g/mol. The lowest BCUT2D eigenvalue weighted by Gasteiger charge is -2.12. The molecule has 0 unspecified atom stereocenters. The van der Waals surface area contributed by atoms with Crippen molar-refractivity contribution in [2.45, 2.75) is 25.7 Å². The second-order valence-corrected chi connectivity index (χ2v) is 5.20. The molecule has 0 aromatic heterocycles. The Balaban J connectivity index is 2.86. The van der Waals surface area contributed by atoms with E-state index in [0.29, 0.717) is 24.8 Å². The molecule has 0 aliphatic rings. The Labute approximate surface area is 124 Å². The Morgan fingerprint density at radius 1 is 0.944 bits per heavy atom. The highest BCUT2D eigenvalue weighted by Gasteiger charge is 2.19. The third-order valence-electron chi connectivity index (χ3n) is 2.40. The molecule has 1 rings (SSSR count). The molecular formula is C11H10Cl4O3. The fourth-order valence-electron chi connectivity index (χ4n) is 1.46. The first kappa shape index (κ1) is 15.7. The van der Waals surface area contributed by atoms with E-state index in [1.807, 2.05) is 0 Å². The van der Waals surface area contributed by atoms with Crippen LogP contribution in [0.25, 0.3) is 0 Å². The number of carboxylic acids is 1. The maximum atomic E-state index is 10.4. The first-order valence-corrected chi connectivity index (χ1v) is 6.63. The van der Waals surface area contributed by atoms with Crippen molar-refractivity contribution in [2.75, 3.05) is 0 Å². The summed E-state index contributed by atoms with van der Waals surface area (Å²) in [6, 6.07) is 0. The topological polar surface area (TPSA) is 57.5 Å². The van der Waals surface area contributed by atoms with Crippen LogP contribution in [0.15, 0.2) is 0 Å². The Hall–Kier alpha value is -0.350. The Bertz CT molecular complexity index is 445. The number of phenols is 1. The highest BCUT2D eigenvalue weighted by molar-refractivity contribution is 6.49. The number of rotatable bonds is 5. The SMILES string of the molecule is O=C(O)CCCCc1c(Cl)c(Cl)c(O)c(Cl)c1Cl. The normalized spacial score (nSPS) is 10.7. The molecule has 2 N–H and O–H groups in total. The quantitative estimate of drug-likeness (QED) is 0.601. The number of halogens is 4. The summed E-state index contributed by atoms with van der Waals surface area (Å²) in [5, 5.41) is 18.3.